The van der Waals surface area contributed by atoms with Crippen molar-refractivity contribution in [3.63, 3.8) is 0 Å². The largest absolute Gasteiger partial charge is 0.489 e. The second kappa shape index (κ2) is 8.30. The number of nitrogens with zero attached hydrogens (tertiary/aromatic N) is 1. The van der Waals surface area contributed by atoms with Crippen molar-refractivity contribution < 1.29 is 24.4 Å². The van der Waals surface area contributed by atoms with Crippen molar-refractivity contribution in [1.82, 2.24) is 4.90 Å². The minimum absolute atomic E-state index is 0.0486. The van der Waals surface area contributed by atoms with Crippen LogP contribution in [0.25, 0.3) is 0 Å². The fourth-order valence-electron chi connectivity index (χ4n) is 3.19. The molecule has 0 heterocycles. The summed E-state index contributed by atoms with van der Waals surface area (Å²) in [5, 5.41) is 18.7. The molecule has 1 aliphatic carbocycles. The maximum atomic E-state index is 12.6. The lowest BCUT2D eigenvalue weighted by molar-refractivity contribution is -0.139. The average molecular weight is 333 g/mol. The molecule has 1 saturated carbocycles. The van der Waals surface area contributed by atoms with Gasteiger partial charge >= 0.3 is 7.12 Å². The number of rotatable bonds is 6. The van der Waals surface area contributed by atoms with E-state index in [-0.39, 0.29) is 28.7 Å². The molecule has 1 amide bonds. The molecule has 130 valence electrons. The fourth-order valence-corrected chi connectivity index (χ4v) is 3.19. The smallest absolute Gasteiger partial charge is 0.480 e. The van der Waals surface area contributed by atoms with E-state index in [2.05, 4.69) is 0 Å². The Morgan fingerprint density at radius 2 is 2.00 bits per heavy atom. The molecule has 1 aromatic carbocycles. The summed E-state index contributed by atoms with van der Waals surface area (Å²) in [6, 6.07) is 4.76. The van der Waals surface area contributed by atoms with Crippen LogP contribution in [0, 0.1) is 0 Å². The molecule has 1 unspecified atom stereocenters. The number of carbonyl (C=O) groups is 2. The summed E-state index contributed by atoms with van der Waals surface area (Å²) in [7, 11) is 0.0110. The molecule has 7 heteroatoms. The van der Waals surface area contributed by atoms with Crippen LogP contribution >= 0.6 is 0 Å². The predicted molar refractivity (Wildman–Crippen MR) is 91.4 cm³/mol. The first-order chi connectivity index (χ1) is 11.5. The van der Waals surface area contributed by atoms with Gasteiger partial charge in [0.2, 0.25) is 0 Å². The predicted octanol–water partition coefficient (Wildman–Crippen LogP) is 0.737. The van der Waals surface area contributed by atoms with E-state index < -0.39 is 13.2 Å². The van der Waals surface area contributed by atoms with Gasteiger partial charge in [-0.05, 0) is 31.3 Å². The van der Waals surface area contributed by atoms with Crippen molar-refractivity contribution in [2.45, 2.75) is 51.2 Å². The maximum absolute atomic E-state index is 12.6. The van der Waals surface area contributed by atoms with E-state index in [4.69, 9.17) is 4.74 Å². The SMILES string of the molecule is CC(Oc1cccc(B(O)O)c1C=O)C(=O)N(C)C1CCCCC1. The van der Waals surface area contributed by atoms with E-state index in [1.165, 1.54) is 12.5 Å². The second-order valence-corrected chi connectivity index (χ2v) is 6.25. The quantitative estimate of drug-likeness (QED) is 0.592. The summed E-state index contributed by atoms with van der Waals surface area (Å²) in [5.41, 5.74) is 0.107. The summed E-state index contributed by atoms with van der Waals surface area (Å²) in [6.07, 6.45) is 5.21. The van der Waals surface area contributed by atoms with Crippen molar-refractivity contribution in [2.75, 3.05) is 7.05 Å². The van der Waals surface area contributed by atoms with Crippen LogP contribution in [0.15, 0.2) is 18.2 Å². The molecule has 1 aliphatic rings. The third-order valence-corrected chi connectivity index (χ3v) is 4.62. The summed E-state index contributed by atoms with van der Waals surface area (Å²) in [6.45, 7) is 1.64. The summed E-state index contributed by atoms with van der Waals surface area (Å²) < 4.78 is 5.66. The molecular weight excluding hydrogens is 309 g/mol. The van der Waals surface area contributed by atoms with Crippen LogP contribution in [-0.4, -0.2) is 53.5 Å². The molecule has 6 nitrogen and oxygen atoms in total. The Bertz CT molecular complexity index is 586. The van der Waals surface area contributed by atoms with Gasteiger partial charge in [0.25, 0.3) is 5.91 Å². The maximum Gasteiger partial charge on any atom is 0.489 e. The molecule has 24 heavy (non-hydrogen) atoms. The number of amides is 1. The molecule has 0 aromatic heterocycles. The molecule has 2 rings (SSSR count). The van der Waals surface area contributed by atoms with Crippen LogP contribution < -0.4 is 10.2 Å². The molecule has 1 fully saturated rings. The minimum atomic E-state index is -1.77. The van der Waals surface area contributed by atoms with Gasteiger partial charge < -0.3 is 19.7 Å². The van der Waals surface area contributed by atoms with E-state index >= 15 is 0 Å². The first-order valence-corrected chi connectivity index (χ1v) is 8.33. The van der Waals surface area contributed by atoms with Crippen LogP contribution in [0.2, 0.25) is 0 Å². The third kappa shape index (κ3) is 4.16. The zero-order valence-electron chi connectivity index (χ0n) is 14.1. The van der Waals surface area contributed by atoms with Crippen LogP contribution in [-0.2, 0) is 4.79 Å². The number of carbonyl (C=O) groups excluding carboxylic acids is 2. The summed E-state index contributed by atoms with van der Waals surface area (Å²) in [4.78, 5) is 25.6. The van der Waals surface area contributed by atoms with E-state index in [9.17, 15) is 19.6 Å². The lowest BCUT2D eigenvalue weighted by Crippen LogP contribution is -2.45. The Morgan fingerprint density at radius 3 is 2.58 bits per heavy atom. The Kier molecular flexibility index (Phi) is 6.40. The Labute approximate surface area is 142 Å². The highest BCUT2D eigenvalue weighted by Crippen LogP contribution is 2.23. The van der Waals surface area contributed by atoms with Gasteiger partial charge in [-0.25, -0.2) is 0 Å². The normalized spacial score (nSPS) is 16.3. The van der Waals surface area contributed by atoms with Gasteiger partial charge in [0, 0.05) is 13.1 Å². The highest BCUT2D eigenvalue weighted by atomic mass is 16.5. The third-order valence-electron chi connectivity index (χ3n) is 4.62. The minimum Gasteiger partial charge on any atom is -0.480 e. The van der Waals surface area contributed by atoms with Crippen molar-refractivity contribution in [3.8, 4) is 5.75 Å². The van der Waals surface area contributed by atoms with Crippen LogP contribution in [0.5, 0.6) is 5.75 Å². The first-order valence-electron chi connectivity index (χ1n) is 8.33. The Balaban J connectivity index is 2.11. The molecule has 0 bridgehead atoms. The number of hydrogen-bond acceptors (Lipinski definition) is 5. The molecular formula is C17H24BNO5. The lowest BCUT2D eigenvalue weighted by Gasteiger charge is -2.33. The number of aldehydes is 1. The zero-order chi connectivity index (χ0) is 17.7. The topological polar surface area (TPSA) is 87.1 Å². The van der Waals surface area contributed by atoms with Crippen molar-refractivity contribution in [1.29, 1.82) is 0 Å². The van der Waals surface area contributed by atoms with Crippen LogP contribution in [0.3, 0.4) is 0 Å². The van der Waals surface area contributed by atoms with Gasteiger partial charge in [-0.2, -0.15) is 0 Å². The molecule has 2 N–H and O–H groups in total. The number of benzene rings is 1. The van der Waals surface area contributed by atoms with Crippen molar-refractivity contribution in [3.05, 3.63) is 23.8 Å². The van der Waals surface area contributed by atoms with Crippen molar-refractivity contribution >= 4 is 24.8 Å². The van der Waals surface area contributed by atoms with Gasteiger partial charge in [-0.1, -0.05) is 31.4 Å². The summed E-state index contributed by atoms with van der Waals surface area (Å²) in [5.74, 6) is 0.0298. The molecule has 0 aliphatic heterocycles. The van der Waals surface area contributed by atoms with E-state index in [1.54, 1.807) is 31.0 Å². The van der Waals surface area contributed by atoms with Crippen molar-refractivity contribution in [2.24, 2.45) is 0 Å². The molecule has 1 atom stereocenters. The molecule has 1 aromatic rings. The number of likely N-dealkylation sites (N-methyl/N-ethyl adjacent to an activating group) is 1. The van der Waals surface area contributed by atoms with Gasteiger partial charge in [0.05, 0.1) is 5.56 Å². The number of ether oxygens (including phenoxy) is 1. The van der Waals surface area contributed by atoms with Crippen LogP contribution in [0.4, 0.5) is 0 Å². The van der Waals surface area contributed by atoms with Gasteiger partial charge in [-0.3, -0.25) is 9.59 Å². The monoisotopic (exact) mass is 333 g/mol. The highest BCUT2D eigenvalue weighted by molar-refractivity contribution is 6.60. The van der Waals surface area contributed by atoms with E-state index in [0.29, 0.717) is 6.29 Å². The summed E-state index contributed by atoms with van der Waals surface area (Å²) >= 11 is 0. The van der Waals surface area contributed by atoms with Crippen LogP contribution in [0.1, 0.15) is 49.4 Å². The second-order valence-electron chi connectivity index (χ2n) is 6.25. The van der Waals surface area contributed by atoms with E-state index in [1.807, 2.05) is 0 Å². The molecule has 0 spiro atoms. The lowest BCUT2D eigenvalue weighted by atomic mass is 9.77. The molecule has 0 saturated heterocycles. The average Bonchev–Trinajstić information content (AvgIpc) is 2.60. The standard InChI is InChI=1S/C17H24BNO5/c1-12(17(21)19(2)13-7-4-3-5-8-13)24-16-10-6-9-15(18(22)23)14(16)11-20/h6,9-13,22-23H,3-5,7-8H2,1-2H3. The first kappa shape index (κ1) is 18.5. The number of hydrogen-bond donors (Lipinski definition) is 2. The highest BCUT2D eigenvalue weighted by Gasteiger charge is 2.28. The fraction of sp³-hybridized carbons (Fsp3) is 0.529. The van der Waals surface area contributed by atoms with E-state index in [0.717, 1.165) is 25.7 Å². The molecule has 0 radical (unpaired) electrons. The Morgan fingerprint density at radius 1 is 1.33 bits per heavy atom. The van der Waals surface area contributed by atoms with Gasteiger partial charge in [0.15, 0.2) is 12.4 Å². The Hall–Kier alpha value is -1.86. The van der Waals surface area contributed by atoms with Gasteiger partial charge in [0.1, 0.15) is 5.75 Å². The van der Waals surface area contributed by atoms with Gasteiger partial charge in [-0.15, -0.1) is 0 Å². The zero-order valence-corrected chi connectivity index (χ0v) is 14.1.